The zero-order valence-corrected chi connectivity index (χ0v) is 14.8. The number of carbonyl (C=O) groups excluding carboxylic acids is 1. The highest BCUT2D eigenvalue weighted by molar-refractivity contribution is 6.30. The summed E-state index contributed by atoms with van der Waals surface area (Å²) in [5, 5.41) is 12.7. The highest BCUT2D eigenvalue weighted by Gasteiger charge is 2.26. The topological polar surface area (TPSA) is 69.6 Å². The Morgan fingerprint density at radius 2 is 1.81 bits per heavy atom. The fourth-order valence-electron chi connectivity index (χ4n) is 2.93. The lowest BCUT2D eigenvalue weighted by Gasteiger charge is -2.18. The molecule has 0 saturated carbocycles. The molecule has 1 amide bonds. The second-order valence-electron chi connectivity index (χ2n) is 6.18. The fourth-order valence-corrected chi connectivity index (χ4v) is 3.06. The number of carboxylic acid groups (broad SMARTS) is 1. The summed E-state index contributed by atoms with van der Waals surface area (Å²) in [5.41, 5.74) is 2.41. The maximum absolute atomic E-state index is 12.5. The van der Waals surface area contributed by atoms with Gasteiger partial charge in [-0.05, 0) is 54.5 Å². The number of aliphatic carboxylic acids is 1. The van der Waals surface area contributed by atoms with E-state index in [0.29, 0.717) is 23.7 Å². The van der Waals surface area contributed by atoms with Crippen molar-refractivity contribution >= 4 is 35.2 Å². The van der Waals surface area contributed by atoms with Gasteiger partial charge in [0.1, 0.15) is 0 Å². The van der Waals surface area contributed by atoms with E-state index in [1.54, 1.807) is 30.3 Å². The molecule has 134 valence electrons. The molecule has 3 rings (SSSR count). The Kier molecular flexibility index (Phi) is 5.58. The van der Waals surface area contributed by atoms with E-state index in [4.69, 9.17) is 16.7 Å². The molecule has 1 aliphatic heterocycles. The first-order valence-corrected chi connectivity index (χ1v) is 8.71. The molecule has 5 nitrogen and oxygen atoms in total. The Morgan fingerprint density at radius 3 is 2.46 bits per heavy atom. The van der Waals surface area contributed by atoms with Gasteiger partial charge in [0.2, 0.25) is 0 Å². The van der Waals surface area contributed by atoms with Gasteiger partial charge in [-0.1, -0.05) is 23.7 Å². The van der Waals surface area contributed by atoms with Crippen molar-refractivity contribution in [1.29, 1.82) is 0 Å². The zero-order valence-electron chi connectivity index (χ0n) is 14.1. The van der Waals surface area contributed by atoms with Gasteiger partial charge >= 0.3 is 5.97 Å². The number of likely N-dealkylation sites (tertiary alicyclic amines) is 1. The van der Waals surface area contributed by atoms with Crippen LogP contribution in [0.25, 0.3) is 6.08 Å². The second-order valence-corrected chi connectivity index (χ2v) is 6.62. The first kappa shape index (κ1) is 18.0. The normalized spacial score (nSPS) is 16.8. The summed E-state index contributed by atoms with van der Waals surface area (Å²) in [6.45, 7) is 1.35. The molecule has 2 aromatic carbocycles. The number of halogens is 1. The van der Waals surface area contributed by atoms with E-state index in [9.17, 15) is 9.59 Å². The molecule has 6 heteroatoms. The third-order valence-corrected chi connectivity index (χ3v) is 4.52. The number of anilines is 1. The molecule has 1 atom stereocenters. The second kappa shape index (κ2) is 8.06. The molecule has 1 heterocycles. The van der Waals surface area contributed by atoms with Crippen LogP contribution in [0.1, 0.15) is 22.3 Å². The SMILES string of the molecule is O=C(O)/C=C/c1ccc(N[C@@H]2CCN(C(=O)c3ccc(Cl)cc3)C2)cc1. The molecule has 0 aliphatic carbocycles. The lowest BCUT2D eigenvalue weighted by Crippen LogP contribution is -2.31. The van der Waals surface area contributed by atoms with Crippen LogP contribution in [0, 0.1) is 0 Å². The predicted octanol–water partition coefficient (Wildman–Crippen LogP) is 3.76. The number of carboxylic acids is 1. The first-order chi connectivity index (χ1) is 12.5. The van der Waals surface area contributed by atoms with E-state index in [1.807, 2.05) is 29.2 Å². The van der Waals surface area contributed by atoms with Gasteiger partial charge in [-0.25, -0.2) is 4.79 Å². The van der Waals surface area contributed by atoms with Crippen LogP contribution < -0.4 is 5.32 Å². The molecular formula is C20H19ClN2O3. The van der Waals surface area contributed by atoms with Gasteiger partial charge in [-0.15, -0.1) is 0 Å². The summed E-state index contributed by atoms with van der Waals surface area (Å²) in [7, 11) is 0. The summed E-state index contributed by atoms with van der Waals surface area (Å²) >= 11 is 5.87. The van der Waals surface area contributed by atoms with Crippen LogP contribution in [0.4, 0.5) is 5.69 Å². The minimum absolute atomic E-state index is 0.0140. The van der Waals surface area contributed by atoms with Crippen molar-refractivity contribution in [3.63, 3.8) is 0 Å². The van der Waals surface area contributed by atoms with Crippen molar-refractivity contribution in [2.75, 3.05) is 18.4 Å². The van der Waals surface area contributed by atoms with Crippen LogP contribution in [0.2, 0.25) is 5.02 Å². The Bertz CT molecular complexity index is 816. The first-order valence-electron chi connectivity index (χ1n) is 8.34. The summed E-state index contributed by atoms with van der Waals surface area (Å²) in [6, 6.07) is 14.6. The molecule has 1 aliphatic rings. The third-order valence-electron chi connectivity index (χ3n) is 4.27. The maximum atomic E-state index is 12.5. The van der Waals surface area contributed by atoms with Crippen molar-refractivity contribution < 1.29 is 14.7 Å². The summed E-state index contributed by atoms with van der Waals surface area (Å²) in [4.78, 5) is 24.9. The Morgan fingerprint density at radius 1 is 1.12 bits per heavy atom. The Hall–Kier alpha value is -2.79. The fraction of sp³-hybridized carbons (Fsp3) is 0.200. The average molecular weight is 371 g/mol. The molecule has 2 aromatic rings. The summed E-state index contributed by atoms with van der Waals surface area (Å²) in [6.07, 6.45) is 3.54. The minimum atomic E-state index is -0.969. The van der Waals surface area contributed by atoms with E-state index >= 15 is 0 Å². The van der Waals surface area contributed by atoms with Gasteiger partial charge < -0.3 is 15.3 Å². The van der Waals surface area contributed by atoms with Crippen molar-refractivity contribution in [3.05, 3.63) is 70.8 Å². The van der Waals surface area contributed by atoms with Gasteiger partial charge in [-0.2, -0.15) is 0 Å². The van der Waals surface area contributed by atoms with Crippen molar-refractivity contribution in [2.45, 2.75) is 12.5 Å². The number of carbonyl (C=O) groups is 2. The van der Waals surface area contributed by atoms with Gasteiger partial charge in [0, 0.05) is 41.5 Å². The lowest BCUT2D eigenvalue weighted by atomic mass is 10.1. The molecule has 0 bridgehead atoms. The Balaban J connectivity index is 1.56. The maximum Gasteiger partial charge on any atom is 0.328 e. The lowest BCUT2D eigenvalue weighted by molar-refractivity contribution is -0.131. The summed E-state index contributed by atoms with van der Waals surface area (Å²) in [5.74, 6) is -0.955. The highest BCUT2D eigenvalue weighted by atomic mass is 35.5. The predicted molar refractivity (Wildman–Crippen MR) is 102 cm³/mol. The molecular weight excluding hydrogens is 352 g/mol. The van der Waals surface area contributed by atoms with E-state index in [2.05, 4.69) is 5.32 Å². The van der Waals surface area contributed by atoms with Gasteiger partial charge in [-0.3, -0.25) is 4.79 Å². The van der Waals surface area contributed by atoms with Gasteiger partial charge in [0.05, 0.1) is 0 Å². The largest absolute Gasteiger partial charge is 0.478 e. The number of nitrogens with one attached hydrogen (secondary N) is 1. The molecule has 0 unspecified atom stereocenters. The molecule has 26 heavy (non-hydrogen) atoms. The molecule has 0 spiro atoms. The quantitative estimate of drug-likeness (QED) is 0.786. The van der Waals surface area contributed by atoms with E-state index in [-0.39, 0.29) is 11.9 Å². The number of benzene rings is 2. The monoisotopic (exact) mass is 370 g/mol. The van der Waals surface area contributed by atoms with Crippen LogP contribution in [0.5, 0.6) is 0 Å². The number of amides is 1. The average Bonchev–Trinajstić information content (AvgIpc) is 3.09. The van der Waals surface area contributed by atoms with Crippen LogP contribution in [-0.4, -0.2) is 41.0 Å². The van der Waals surface area contributed by atoms with Crippen molar-refractivity contribution in [3.8, 4) is 0 Å². The van der Waals surface area contributed by atoms with Gasteiger partial charge in [0.15, 0.2) is 0 Å². The van der Waals surface area contributed by atoms with E-state index in [1.165, 1.54) is 0 Å². The van der Waals surface area contributed by atoms with Crippen LogP contribution >= 0.6 is 11.6 Å². The number of rotatable bonds is 5. The molecule has 1 saturated heterocycles. The number of hydrogen-bond acceptors (Lipinski definition) is 3. The smallest absolute Gasteiger partial charge is 0.328 e. The van der Waals surface area contributed by atoms with Crippen LogP contribution in [0.3, 0.4) is 0 Å². The van der Waals surface area contributed by atoms with Gasteiger partial charge in [0.25, 0.3) is 5.91 Å². The molecule has 0 radical (unpaired) electrons. The highest BCUT2D eigenvalue weighted by Crippen LogP contribution is 2.19. The minimum Gasteiger partial charge on any atom is -0.478 e. The number of nitrogens with zero attached hydrogens (tertiary/aromatic N) is 1. The third kappa shape index (κ3) is 4.64. The van der Waals surface area contributed by atoms with E-state index < -0.39 is 5.97 Å². The zero-order chi connectivity index (χ0) is 18.5. The van der Waals surface area contributed by atoms with Crippen molar-refractivity contribution in [2.24, 2.45) is 0 Å². The number of hydrogen-bond donors (Lipinski definition) is 2. The standard InChI is InChI=1S/C20H19ClN2O3/c21-16-6-4-15(5-7-16)20(26)23-12-11-18(13-23)22-17-8-1-14(2-9-17)3-10-19(24)25/h1-10,18,22H,11-13H2,(H,24,25)/b10-3+/t18-/m1/s1. The van der Waals surface area contributed by atoms with Crippen LogP contribution in [-0.2, 0) is 4.79 Å². The van der Waals surface area contributed by atoms with E-state index in [0.717, 1.165) is 23.7 Å². The van der Waals surface area contributed by atoms with Crippen molar-refractivity contribution in [1.82, 2.24) is 4.90 Å². The van der Waals surface area contributed by atoms with Crippen LogP contribution in [0.15, 0.2) is 54.6 Å². The molecule has 0 aromatic heterocycles. The summed E-state index contributed by atoms with van der Waals surface area (Å²) < 4.78 is 0. The molecule has 2 N–H and O–H groups in total. The Labute approximate surface area is 156 Å². The molecule has 1 fully saturated rings.